The lowest BCUT2D eigenvalue weighted by Crippen LogP contribution is -2.39. The fraction of sp³-hybridized carbons (Fsp3) is 0.462. The summed E-state index contributed by atoms with van der Waals surface area (Å²) < 4.78 is 0.895. The van der Waals surface area contributed by atoms with Gasteiger partial charge in [0.1, 0.15) is 0 Å². The molecule has 1 saturated heterocycles. The van der Waals surface area contributed by atoms with Crippen LogP contribution in [0.15, 0.2) is 22.7 Å². The predicted molar refractivity (Wildman–Crippen MR) is 73.5 cm³/mol. The minimum atomic E-state index is 0.0500. The Morgan fingerprint density at radius 1 is 1.53 bits per heavy atom. The van der Waals surface area contributed by atoms with Gasteiger partial charge in [-0.25, -0.2) is 0 Å². The first-order valence-corrected chi connectivity index (χ1v) is 6.99. The second-order valence-electron chi connectivity index (χ2n) is 4.62. The first-order chi connectivity index (χ1) is 8.08. The maximum Gasteiger partial charge on any atom is 0.255 e. The van der Waals surface area contributed by atoms with Crippen molar-refractivity contribution < 1.29 is 4.79 Å². The maximum atomic E-state index is 12.3. The van der Waals surface area contributed by atoms with Crippen molar-refractivity contribution in [3.05, 3.63) is 33.3 Å². The molecule has 92 valence electrons. The normalized spacial score (nSPS) is 20.4. The lowest BCUT2D eigenvalue weighted by atomic mass is 9.99. The average Bonchev–Trinajstić information content (AvgIpc) is 2.28. The molecule has 1 fully saturated rings. The van der Waals surface area contributed by atoms with Gasteiger partial charge in [-0.3, -0.25) is 4.79 Å². The molecule has 2 rings (SSSR count). The van der Waals surface area contributed by atoms with Gasteiger partial charge in [0.15, 0.2) is 0 Å². The monoisotopic (exact) mass is 315 g/mol. The number of halogens is 2. The van der Waals surface area contributed by atoms with Gasteiger partial charge in [-0.05, 0) is 37.0 Å². The number of amides is 1. The quantitative estimate of drug-likeness (QED) is 0.767. The summed E-state index contributed by atoms with van der Waals surface area (Å²) in [6, 6.07) is 5.41. The van der Waals surface area contributed by atoms with E-state index in [1.807, 2.05) is 11.0 Å². The molecule has 1 amide bonds. The van der Waals surface area contributed by atoms with Crippen molar-refractivity contribution in [3.8, 4) is 0 Å². The fourth-order valence-corrected chi connectivity index (χ4v) is 2.96. The highest BCUT2D eigenvalue weighted by atomic mass is 79.9. The molecular formula is C13H15BrClNO. The van der Waals surface area contributed by atoms with Crippen molar-refractivity contribution in [2.24, 2.45) is 5.92 Å². The van der Waals surface area contributed by atoms with Crippen molar-refractivity contribution in [1.29, 1.82) is 0 Å². The Labute approximate surface area is 115 Å². The van der Waals surface area contributed by atoms with E-state index in [-0.39, 0.29) is 5.91 Å². The molecule has 4 heteroatoms. The largest absolute Gasteiger partial charge is 0.338 e. The van der Waals surface area contributed by atoms with Crippen LogP contribution in [-0.4, -0.2) is 23.9 Å². The van der Waals surface area contributed by atoms with Crippen LogP contribution in [0, 0.1) is 5.92 Å². The summed E-state index contributed by atoms with van der Waals surface area (Å²) in [7, 11) is 0. The summed E-state index contributed by atoms with van der Waals surface area (Å²) in [5, 5.41) is 0.516. The number of carbonyl (C=O) groups is 1. The van der Waals surface area contributed by atoms with Crippen molar-refractivity contribution in [1.82, 2.24) is 4.90 Å². The van der Waals surface area contributed by atoms with Crippen molar-refractivity contribution in [2.45, 2.75) is 19.8 Å². The predicted octanol–water partition coefficient (Wildman–Crippen LogP) is 3.97. The molecule has 0 spiro atoms. The standard InChI is InChI=1S/C13H15BrClNO/c1-9-3-2-6-16(8-9)13(17)11-5-4-10(14)7-12(11)15/h4-5,7,9H,2-3,6,8H2,1H3. The number of piperidine rings is 1. The molecule has 0 bridgehead atoms. The van der Waals surface area contributed by atoms with E-state index in [9.17, 15) is 4.79 Å². The van der Waals surface area contributed by atoms with E-state index in [0.29, 0.717) is 16.5 Å². The number of likely N-dealkylation sites (tertiary alicyclic amines) is 1. The zero-order chi connectivity index (χ0) is 12.4. The molecule has 1 heterocycles. The number of hydrogen-bond donors (Lipinski definition) is 0. The topological polar surface area (TPSA) is 20.3 Å². The zero-order valence-corrected chi connectivity index (χ0v) is 12.1. The molecule has 0 aromatic heterocycles. The molecule has 1 aliphatic rings. The Hall–Kier alpha value is -0.540. The second-order valence-corrected chi connectivity index (χ2v) is 5.95. The van der Waals surface area contributed by atoms with Crippen LogP contribution in [0.4, 0.5) is 0 Å². The molecule has 0 radical (unpaired) electrons. The summed E-state index contributed by atoms with van der Waals surface area (Å²) in [6.45, 7) is 3.86. The van der Waals surface area contributed by atoms with Gasteiger partial charge in [-0.1, -0.05) is 34.5 Å². The van der Waals surface area contributed by atoms with Crippen molar-refractivity contribution in [3.63, 3.8) is 0 Å². The molecule has 1 aromatic carbocycles. The number of carbonyl (C=O) groups excluding carboxylic acids is 1. The first-order valence-electron chi connectivity index (χ1n) is 5.82. The Balaban J connectivity index is 2.18. The Bertz CT molecular complexity index is 435. The van der Waals surface area contributed by atoms with E-state index < -0.39 is 0 Å². The van der Waals surface area contributed by atoms with E-state index in [1.165, 1.54) is 6.42 Å². The highest BCUT2D eigenvalue weighted by Gasteiger charge is 2.23. The molecule has 2 nitrogen and oxygen atoms in total. The molecule has 0 aliphatic carbocycles. The number of nitrogens with zero attached hydrogens (tertiary/aromatic N) is 1. The minimum Gasteiger partial charge on any atom is -0.338 e. The summed E-state index contributed by atoms with van der Waals surface area (Å²) >= 11 is 9.44. The van der Waals surface area contributed by atoms with Crippen molar-refractivity contribution in [2.75, 3.05) is 13.1 Å². The van der Waals surface area contributed by atoms with E-state index in [0.717, 1.165) is 24.0 Å². The van der Waals surface area contributed by atoms with E-state index in [2.05, 4.69) is 22.9 Å². The van der Waals surface area contributed by atoms with Crippen LogP contribution in [0.5, 0.6) is 0 Å². The average molecular weight is 317 g/mol. The zero-order valence-electron chi connectivity index (χ0n) is 9.75. The molecule has 1 unspecified atom stereocenters. The molecule has 17 heavy (non-hydrogen) atoms. The van der Waals surface area contributed by atoms with E-state index >= 15 is 0 Å². The third-order valence-corrected chi connectivity index (χ3v) is 3.91. The fourth-order valence-electron chi connectivity index (χ4n) is 2.21. The Morgan fingerprint density at radius 3 is 2.94 bits per heavy atom. The second kappa shape index (κ2) is 5.40. The maximum absolute atomic E-state index is 12.3. The van der Waals surface area contributed by atoms with Gasteiger partial charge in [0.2, 0.25) is 0 Å². The number of hydrogen-bond acceptors (Lipinski definition) is 1. The summed E-state index contributed by atoms with van der Waals surface area (Å²) in [5.74, 6) is 0.635. The minimum absolute atomic E-state index is 0.0500. The molecular weight excluding hydrogens is 302 g/mol. The number of rotatable bonds is 1. The SMILES string of the molecule is CC1CCCN(C(=O)c2ccc(Br)cc2Cl)C1. The van der Waals surface area contributed by atoms with Gasteiger partial charge in [0.05, 0.1) is 10.6 Å². The van der Waals surface area contributed by atoms with Crippen LogP contribution >= 0.6 is 27.5 Å². The molecule has 0 N–H and O–H groups in total. The molecule has 1 aromatic rings. The summed E-state index contributed by atoms with van der Waals surface area (Å²) in [4.78, 5) is 14.2. The van der Waals surface area contributed by atoms with Crippen LogP contribution in [0.1, 0.15) is 30.1 Å². The highest BCUT2D eigenvalue weighted by Crippen LogP contribution is 2.24. The van der Waals surface area contributed by atoms with Gasteiger partial charge in [0.25, 0.3) is 5.91 Å². The molecule has 1 atom stereocenters. The van der Waals surface area contributed by atoms with Crippen LogP contribution in [-0.2, 0) is 0 Å². The van der Waals surface area contributed by atoms with Gasteiger partial charge in [0, 0.05) is 17.6 Å². The third-order valence-electron chi connectivity index (χ3n) is 3.11. The van der Waals surface area contributed by atoms with Crippen molar-refractivity contribution >= 4 is 33.4 Å². The van der Waals surface area contributed by atoms with E-state index in [4.69, 9.17) is 11.6 Å². The smallest absolute Gasteiger partial charge is 0.255 e. The van der Waals surface area contributed by atoms with Gasteiger partial charge >= 0.3 is 0 Å². The summed E-state index contributed by atoms with van der Waals surface area (Å²) in [5.41, 5.74) is 0.601. The lowest BCUT2D eigenvalue weighted by Gasteiger charge is -2.31. The lowest BCUT2D eigenvalue weighted by molar-refractivity contribution is 0.0683. The Kier molecular flexibility index (Phi) is 4.10. The third kappa shape index (κ3) is 3.02. The van der Waals surface area contributed by atoms with Crippen LogP contribution in [0.2, 0.25) is 5.02 Å². The van der Waals surface area contributed by atoms with E-state index in [1.54, 1.807) is 12.1 Å². The summed E-state index contributed by atoms with van der Waals surface area (Å²) in [6.07, 6.45) is 2.29. The molecule has 0 saturated carbocycles. The van der Waals surface area contributed by atoms with Crippen LogP contribution in [0.3, 0.4) is 0 Å². The Morgan fingerprint density at radius 2 is 2.29 bits per heavy atom. The number of benzene rings is 1. The van der Waals surface area contributed by atoms with Crippen LogP contribution in [0.25, 0.3) is 0 Å². The van der Waals surface area contributed by atoms with Gasteiger partial charge in [-0.2, -0.15) is 0 Å². The van der Waals surface area contributed by atoms with Crippen LogP contribution < -0.4 is 0 Å². The first kappa shape index (κ1) is 12.9. The van der Waals surface area contributed by atoms with Gasteiger partial charge in [-0.15, -0.1) is 0 Å². The highest BCUT2D eigenvalue weighted by molar-refractivity contribution is 9.10. The van der Waals surface area contributed by atoms with Gasteiger partial charge < -0.3 is 4.90 Å². The molecule has 1 aliphatic heterocycles.